The third-order valence-electron chi connectivity index (χ3n) is 6.39. The maximum atomic E-state index is 13.3. The molecule has 0 saturated carbocycles. The lowest BCUT2D eigenvalue weighted by Crippen LogP contribution is -2.32. The highest BCUT2D eigenvalue weighted by atomic mass is 79.9. The summed E-state index contributed by atoms with van der Waals surface area (Å²) in [6.45, 7) is 3.50. The van der Waals surface area contributed by atoms with Crippen LogP contribution in [0.15, 0.2) is 82.8 Å². The number of halogens is 1. The minimum absolute atomic E-state index is 0.102. The van der Waals surface area contributed by atoms with Gasteiger partial charge in [0.1, 0.15) is 18.1 Å². The molecule has 1 N–H and O–H groups in total. The Kier molecular flexibility index (Phi) is 8.46. The number of hydrogen-bond acceptors (Lipinski definition) is 5. The zero-order valence-electron chi connectivity index (χ0n) is 21.3. The zero-order valence-corrected chi connectivity index (χ0v) is 22.9. The number of aliphatic hydroxyl groups is 1. The summed E-state index contributed by atoms with van der Waals surface area (Å²) in [6, 6.07) is 22.0. The number of carbonyl (C=O) groups excluding carboxylic acids is 2. The van der Waals surface area contributed by atoms with E-state index < -0.39 is 17.7 Å². The number of carbonyl (C=O) groups is 2. The van der Waals surface area contributed by atoms with Crippen molar-refractivity contribution >= 4 is 33.4 Å². The van der Waals surface area contributed by atoms with Gasteiger partial charge in [0.25, 0.3) is 11.7 Å². The van der Waals surface area contributed by atoms with Crippen LogP contribution in [0.2, 0.25) is 0 Å². The molecule has 1 heterocycles. The number of ether oxygens (including phenoxy) is 1. The predicted octanol–water partition coefficient (Wildman–Crippen LogP) is 5.71. The number of benzene rings is 3. The second kappa shape index (κ2) is 11.8. The highest BCUT2D eigenvalue weighted by Crippen LogP contribution is 2.40. The van der Waals surface area contributed by atoms with Crippen molar-refractivity contribution in [2.45, 2.75) is 26.0 Å². The van der Waals surface area contributed by atoms with Gasteiger partial charge in [-0.15, -0.1) is 0 Å². The minimum Gasteiger partial charge on any atom is -0.507 e. The van der Waals surface area contributed by atoms with Crippen molar-refractivity contribution in [2.75, 3.05) is 27.2 Å². The highest BCUT2D eigenvalue weighted by Gasteiger charge is 2.45. The van der Waals surface area contributed by atoms with Gasteiger partial charge in [0, 0.05) is 16.6 Å². The van der Waals surface area contributed by atoms with E-state index in [4.69, 9.17) is 4.74 Å². The van der Waals surface area contributed by atoms with Crippen molar-refractivity contribution in [3.05, 3.63) is 105 Å². The molecular formula is C30H31BrN2O4. The van der Waals surface area contributed by atoms with E-state index in [9.17, 15) is 14.7 Å². The average molecular weight is 563 g/mol. The molecule has 0 bridgehead atoms. The van der Waals surface area contributed by atoms with E-state index in [-0.39, 0.29) is 11.3 Å². The van der Waals surface area contributed by atoms with E-state index in [1.165, 1.54) is 0 Å². The van der Waals surface area contributed by atoms with Crippen molar-refractivity contribution in [2.24, 2.45) is 0 Å². The first-order valence-corrected chi connectivity index (χ1v) is 13.0. The van der Waals surface area contributed by atoms with Gasteiger partial charge in [0.15, 0.2) is 0 Å². The third kappa shape index (κ3) is 6.12. The van der Waals surface area contributed by atoms with Crippen LogP contribution >= 0.6 is 15.9 Å². The molecule has 1 atom stereocenters. The number of rotatable bonds is 9. The third-order valence-corrected chi connectivity index (χ3v) is 6.89. The smallest absolute Gasteiger partial charge is 0.295 e. The van der Waals surface area contributed by atoms with Gasteiger partial charge in [-0.25, -0.2) is 0 Å². The Balaban J connectivity index is 1.68. The number of nitrogens with zero attached hydrogens (tertiary/aromatic N) is 2. The summed E-state index contributed by atoms with van der Waals surface area (Å²) in [5, 5.41) is 11.4. The summed E-state index contributed by atoms with van der Waals surface area (Å²) in [7, 11) is 3.94. The van der Waals surface area contributed by atoms with Crippen molar-refractivity contribution in [3.8, 4) is 5.75 Å². The topological polar surface area (TPSA) is 70.1 Å². The van der Waals surface area contributed by atoms with Crippen molar-refractivity contribution in [3.63, 3.8) is 0 Å². The fourth-order valence-electron chi connectivity index (χ4n) is 4.54. The van der Waals surface area contributed by atoms with Gasteiger partial charge in [0.2, 0.25) is 0 Å². The Morgan fingerprint density at radius 3 is 2.46 bits per heavy atom. The van der Waals surface area contributed by atoms with E-state index in [0.29, 0.717) is 30.9 Å². The van der Waals surface area contributed by atoms with Crippen molar-refractivity contribution in [1.82, 2.24) is 9.80 Å². The zero-order chi connectivity index (χ0) is 26.5. The molecule has 1 amide bonds. The quantitative estimate of drug-likeness (QED) is 0.205. The first-order valence-electron chi connectivity index (χ1n) is 12.2. The Morgan fingerprint density at radius 1 is 1.03 bits per heavy atom. The predicted molar refractivity (Wildman–Crippen MR) is 148 cm³/mol. The lowest BCUT2D eigenvalue weighted by molar-refractivity contribution is -0.139. The maximum Gasteiger partial charge on any atom is 0.295 e. The summed E-state index contributed by atoms with van der Waals surface area (Å²) in [6.07, 6.45) is 0.705. The van der Waals surface area contributed by atoms with Gasteiger partial charge < -0.3 is 19.6 Å². The second-order valence-corrected chi connectivity index (χ2v) is 10.4. The average Bonchev–Trinajstić information content (AvgIpc) is 3.13. The van der Waals surface area contributed by atoms with Crippen LogP contribution in [-0.4, -0.2) is 53.8 Å². The highest BCUT2D eigenvalue weighted by molar-refractivity contribution is 9.10. The van der Waals surface area contributed by atoms with E-state index in [0.717, 1.165) is 27.7 Å². The Bertz CT molecular complexity index is 1320. The van der Waals surface area contributed by atoms with Crippen LogP contribution in [0.25, 0.3) is 5.76 Å². The van der Waals surface area contributed by atoms with E-state index in [2.05, 4.69) is 15.9 Å². The molecule has 0 aliphatic carbocycles. The normalized spacial score (nSPS) is 17.0. The van der Waals surface area contributed by atoms with Crippen LogP contribution < -0.4 is 4.74 Å². The maximum absolute atomic E-state index is 13.3. The van der Waals surface area contributed by atoms with E-state index in [1.807, 2.05) is 80.5 Å². The molecule has 0 aromatic heterocycles. The van der Waals surface area contributed by atoms with Gasteiger partial charge in [-0.05, 0) is 81.0 Å². The number of hydrogen-bond donors (Lipinski definition) is 1. The summed E-state index contributed by atoms with van der Waals surface area (Å²) < 4.78 is 6.80. The first-order chi connectivity index (χ1) is 17.8. The number of ketones is 1. The number of likely N-dealkylation sites (tertiary alicyclic amines) is 1. The molecule has 0 spiro atoms. The fourth-order valence-corrected chi connectivity index (χ4v) is 4.96. The van der Waals surface area contributed by atoms with Gasteiger partial charge in [0.05, 0.1) is 11.6 Å². The first kappa shape index (κ1) is 26.6. The standard InChI is InChI=1S/C30H31BrN2O4/c1-20-17-23(13-14-25(20)37-19-21-9-5-4-6-10-21)28(34)26-27(22-11-7-12-24(31)18-22)33(30(36)29(26)35)16-8-15-32(2)3/h4-7,9-14,17-18,27,34H,8,15-16,19H2,1-3H3/b28-26-. The molecular weight excluding hydrogens is 532 g/mol. The molecule has 1 fully saturated rings. The van der Waals surface area contributed by atoms with Gasteiger partial charge in [-0.2, -0.15) is 0 Å². The molecule has 3 aromatic carbocycles. The van der Waals surface area contributed by atoms with E-state index in [1.54, 1.807) is 23.1 Å². The molecule has 192 valence electrons. The summed E-state index contributed by atoms with van der Waals surface area (Å²) >= 11 is 3.49. The molecule has 6 nitrogen and oxygen atoms in total. The summed E-state index contributed by atoms with van der Waals surface area (Å²) in [4.78, 5) is 30.0. The molecule has 1 saturated heterocycles. The Hall–Kier alpha value is -3.42. The van der Waals surface area contributed by atoms with Crippen molar-refractivity contribution < 1.29 is 19.4 Å². The molecule has 7 heteroatoms. The Morgan fingerprint density at radius 2 is 1.78 bits per heavy atom. The van der Waals surface area contributed by atoms with Gasteiger partial charge >= 0.3 is 0 Å². The van der Waals surface area contributed by atoms with Crippen LogP contribution in [0.1, 0.15) is 34.7 Å². The van der Waals surface area contributed by atoms with E-state index >= 15 is 0 Å². The number of Topliss-reactive ketones (excluding diaryl/α,β-unsaturated/α-hetero) is 1. The molecule has 1 unspecified atom stereocenters. The summed E-state index contributed by atoms with van der Waals surface area (Å²) in [5.74, 6) is -0.761. The molecule has 4 rings (SSSR count). The van der Waals surface area contributed by atoms with Crippen LogP contribution in [0.4, 0.5) is 0 Å². The SMILES string of the molecule is Cc1cc(/C(O)=C2/C(=O)C(=O)N(CCCN(C)C)C2c2cccc(Br)c2)ccc1OCc1ccccc1. The lowest BCUT2D eigenvalue weighted by Gasteiger charge is -2.26. The van der Waals surface area contributed by atoms with Crippen molar-refractivity contribution in [1.29, 1.82) is 0 Å². The van der Waals surface area contributed by atoms with Crippen LogP contribution in [0, 0.1) is 6.92 Å². The second-order valence-electron chi connectivity index (χ2n) is 9.46. The largest absolute Gasteiger partial charge is 0.507 e. The Labute approximate surface area is 226 Å². The number of aliphatic hydroxyl groups excluding tert-OH is 1. The molecule has 0 radical (unpaired) electrons. The molecule has 37 heavy (non-hydrogen) atoms. The van der Waals surface area contributed by atoms with Crippen LogP contribution in [0.5, 0.6) is 5.75 Å². The number of aryl methyl sites for hydroxylation is 1. The lowest BCUT2D eigenvalue weighted by atomic mass is 9.94. The molecule has 3 aromatic rings. The van der Waals surface area contributed by atoms with Crippen LogP contribution in [0.3, 0.4) is 0 Å². The minimum atomic E-state index is -0.672. The summed E-state index contributed by atoms with van der Waals surface area (Å²) in [5.41, 5.74) is 3.21. The van der Waals surface area contributed by atoms with Gasteiger partial charge in [-0.1, -0.05) is 58.4 Å². The number of amides is 1. The fraction of sp³-hybridized carbons (Fsp3) is 0.267. The molecule has 1 aliphatic rings. The van der Waals surface area contributed by atoms with Gasteiger partial charge in [-0.3, -0.25) is 9.59 Å². The molecule has 1 aliphatic heterocycles. The monoisotopic (exact) mass is 562 g/mol. The van der Waals surface area contributed by atoms with Crippen LogP contribution in [-0.2, 0) is 16.2 Å².